The largest absolute Gasteiger partial charge is 0.465 e. The fraction of sp³-hybridized carbons (Fsp3) is 0.333. The minimum Gasteiger partial charge on any atom is -0.465 e. The van der Waals surface area contributed by atoms with E-state index >= 15 is 0 Å². The lowest BCUT2D eigenvalue weighted by Gasteiger charge is -2.01. The number of rotatable bonds is 5. The van der Waals surface area contributed by atoms with E-state index in [0.717, 1.165) is 31.0 Å². The fourth-order valence-corrected chi connectivity index (χ4v) is 2.92. The number of thiophene rings is 1. The van der Waals surface area contributed by atoms with Crippen LogP contribution in [0.5, 0.6) is 0 Å². The molecule has 0 saturated heterocycles. The monoisotopic (exact) mass is 299 g/mol. The number of hydrogen-bond donors (Lipinski definition) is 1. The number of aryl methyl sites for hydroxylation is 1. The molecule has 86 valence electrons. The molecule has 0 unspecified atom stereocenters. The molecule has 2 rings (SSSR count). The fourth-order valence-electron chi connectivity index (χ4n) is 1.46. The maximum absolute atomic E-state index is 5.61. The lowest BCUT2D eigenvalue weighted by atomic mass is 10.3. The van der Waals surface area contributed by atoms with Crippen LogP contribution in [0.1, 0.15) is 23.3 Å². The summed E-state index contributed by atoms with van der Waals surface area (Å²) < 4.78 is 6.79. The highest BCUT2D eigenvalue weighted by molar-refractivity contribution is 9.10. The smallest absolute Gasteiger partial charge is 0.117 e. The van der Waals surface area contributed by atoms with Gasteiger partial charge in [0.25, 0.3) is 0 Å². The Hall–Kier alpha value is -0.580. The molecule has 0 bridgehead atoms. The van der Waals surface area contributed by atoms with Gasteiger partial charge in [-0.25, -0.2) is 0 Å². The van der Waals surface area contributed by atoms with E-state index in [2.05, 4.69) is 39.6 Å². The summed E-state index contributed by atoms with van der Waals surface area (Å²) in [6.45, 7) is 3.75. The summed E-state index contributed by atoms with van der Waals surface area (Å²) in [6, 6.07) is 6.15. The summed E-state index contributed by atoms with van der Waals surface area (Å²) in [5, 5.41) is 5.46. The maximum atomic E-state index is 5.61. The molecule has 2 nitrogen and oxygen atoms in total. The molecule has 0 fully saturated rings. The number of nitrogens with one attached hydrogen (secondary N) is 1. The molecule has 0 aromatic carbocycles. The van der Waals surface area contributed by atoms with Crippen molar-refractivity contribution in [1.29, 1.82) is 0 Å². The number of halogens is 1. The first-order chi connectivity index (χ1) is 7.79. The summed E-state index contributed by atoms with van der Waals surface area (Å²) in [7, 11) is 0. The van der Waals surface area contributed by atoms with E-state index in [1.807, 2.05) is 12.1 Å². The van der Waals surface area contributed by atoms with Crippen LogP contribution in [-0.2, 0) is 19.5 Å². The average molecular weight is 300 g/mol. The van der Waals surface area contributed by atoms with Gasteiger partial charge in [0.15, 0.2) is 0 Å². The van der Waals surface area contributed by atoms with Crippen molar-refractivity contribution in [2.45, 2.75) is 26.4 Å². The van der Waals surface area contributed by atoms with Crippen molar-refractivity contribution in [3.63, 3.8) is 0 Å². The molecule has 2 aromatic heterocycles. The second-order valence-electron chi connectivity index (χ2n) is 3.52. The van der Waals surface area contributed by atoms with Gasteiger partial charge in [0.05, 0.1) is 6.54 Å². The normalized spacial score (nSPS) is 10.9. The van der Waals surface area contributed by atoms with Crippen molar-refractivity contribution in [2.24, 2.45) is 0 Å². The Kier molecular flexibility index (Phi) is 4.21. The highest BCUT2D eigenvalue weighted by Gasteiger charge is 2.02. The first kappa shape index (κ1) is 11.9. The molecule has 2 heterocycles. The Labute approximate surface area is 108 Å². The highest BCUT2D eigenvalue weighted by Crippen LogP contribution is 2.22. The van der Waals surface area contributed by atoms with Crippen molar-refractivity contribution >= 4 is 27.3 Å². The minimum atomic E-state index is 0.782. The molecule has 1 N–H and O–H groups in total. The molecule has 0 aliphatic heterocycles. The van der Waals surface area contributed by atoms with Gasteiger partial charge in [-0.1, -0.05) is 6.92 Å². The molecule has 0 radical (unpaired) electrons. The molecular formula is C12H14BrNOS. The minimum absolute atomic E-state index is 0.782. The van der Waals surface area contributed by atoms with Crippen LogP contribution in [0.3, 0.4) is 0 Å². The van der Waals surface area contributed by atoms with E-state index in [-0.39, 0.29) is 0 Å². The molecule has 16 heavy (non-hydrogen) atoms. The predicted octanol–water partition coefficient (Wildman–Crippen LogP) is 3.96. The van der Waals surface area contributed by atoms with Gasteiger partial charge in [-0.2, -0.15) is 0 Å². The Morgan fingerprint density at radius 3 is 2.69 bits per heavy atom. The van der Waals surface area contributed by atoms with Gasteiger partial charge in [0, 0.05) is 22.3 Å². The summed E-state index contributed by atoms with van der Waals surface area (Å²) in [6.07, 6.45) is 0.955. The van der Waals surface area contributed by atoms with Crippen LogP contribution in [0.15, 0.2) is 32.5 Å². The third kappa shape index (κ3) is 2.97. The van der Waals surface area contributed by atoms with E-state index in [0.29, 0.717) is 0 Å². The van der Waals surface area contributed by atoms with Crippen LogP contribution in [-0.4, -0.2) is 0 Å². The second kappa shape index (κ2) is 5.66. The Balaban J connectivity index is 1.82. The van der Waals surface area contributed by atoms with E-state index < -0.39 is 0 Å². The van der Waals surface area contributed by atoms with Crippen LogP contribution in [0.25, 0.3) is 0 Å². The average Bonchev–Trinajstić information content (AvgIpc) is 2.89. The van der Waals surface area contributed by atoms with Gasteiger partial charge in [0.1, 0.15) is 11.5 Å². The second-order valence-corrected chi connectivity index (χ2v) is 5.37. The summed E-state index contributed by atoms with van der Waals surface area (Å²) >= 11 is 5.27. The van der Waals surface area contributed by atoms with Gasteiger partial charge in [-0.3, -0.25) is 0 Å². The van der Waals surface area contributed by atoms with E-state index in [1.165, 1.54) is 9.35 Å². The Morgan fingerprint density at radius 2 is 2.06 bits per heavy atom. The first-order valence-electron chi connectivity index (χ1n) is 5.29. The number of furan rings is 1. The van der Waals surface area contributed by atoms with Crippen LogP contribution in [0.2, 0.25) is 0 Å². The van der Waals surface area contributed by atoms with Crippen molar-refractivity contribution in [2.75, 3.05) is 0 Å². The van der Waals surface area contributed by atoms with Crippen LogP contribution in [0.4, 0.5) is 0 Å². The zero-order chi connectivity index (χ0) is 11.4. The summed E-state index contributed by atoms with van der Waals surface area (Å²) in [4.78, 5) is 1.32. The van der Waals surface area contributed by atoms with Crippen LogP contribution >= 0.6 is 27.3 Å². The SMILES string of the molecule is CCc1ccc(CNCc2sccc2Br)o1. The molecule has 0 spiro atoms. The van der Waals surface area contributed by atoms with Crippen molar-refractivity contribution in [3.8, 4) is 0 Å². The topological polar surface area (TPSA) is 25.2 Å². The highest BCUT2D eigenvalue weighted by atomic mass is 79.9. The molecule has 0 atom stereocenters. The van der Waals surface area contributed by atoms with Gasteiger partial charge in [-0.05, 0) is 39.5 Å². The Bertz CT molecular complexity index is 449. The third-order valence-electron chi connectivity index (χ3n) is 2.34. The molecule has 4 heteroatoms. The molecular weight excluding hydrogens is 286 g/mol. The van der Waals surface area contributed by atoms with Gasteiger partial charge < -0.3 is 9.73 Å². The van der Waals surface area contributed by atoms with Crippen molar-refractivity contribution in [3.05, 3.63) is 44.4 Å². The first-order valence-corrected chi connectivity index (χ1v) is 6.97. The maximum Gasteiger partial charge on any atom is 0.117 e. The summed E-state index contributed by atoms with van der Waals surface area (Å²) in [5.41, 5.74) is 0. The zero-order valence-electron chi connectivity index (χ0n) is 9.13. The van der Waals surface area contributed by atoms with Crippen LogP contribution in [0, 0.1) is 0 Å². The summed E-state index contributed by atoms with van der Waals surface area (Å²) in [5.74, 6) is 2.05. The van der Waals surface area contributed by atoms with Gasteiger partial charge >= 0.3 is 0 Å². The molecule has 0 saturated carbocycles. The van der Waals surface area contributed by atoms with Crippen molar-refractivity contribution in [1.82, 2.24) is 5.32 Å². The molecule has 0 aliphatic carbocycles. The lowest BCUT2D eigenvalue weighted by molar-refractivity contribution is 0.451. The Morgan fingerprint density at radius 1 is 1.25 bits per heavy atom. The standard InChI is InChI=1S/C12H14BrNOS/c1-2-9-3-4-10(15-9)7-14-8-12-11(13)5-6-16-12/h3-6,14H,2,7-8H2,1H3. The van der Waals surface area contributed by atoms with E-state index in [4.69, 9.17) is 4.42 Å². The quantitative estimate of drug-likeness (QED) is 0.904. The van der Waals surface area contributed by atoms with Crippen molar-refractivity contribution < 1.29 is 4.42 Å². The predicted molar refractivity (Wildman–Crippen MR) is 70.6 cm³/mol. The third-order valence-corrected chi connectivity index (χ3v) is 4.27. The number of hydrogen-bond acceptors (Lipinski definition) is 3. The zero-order valence-corrected chi connectivity index (χ0v) is 11.5. The van der Waals surface area contributed by atoms with Gasteiger partial charge in [-0.15, -0.1) is 11.3 Å². The van der Waals surface area contributed by atoms with Gasteiger partial charge in [0.2, 0.25) is 0 Å². The molecule has 0 amide bonds. The van der Waals surface area contributed by atoms with E-state index in [9.17, 15) is 0 Å². The molecule has 0 aliphatic rings. The van der Waals surface area contributed by atoms with E-state index in [1.54, 1.807) is 11.3 Å². The molecule has 2 aromatic rings. The van der Waals surface area contributed by atoms with Crippen LogP contribution < -0.4 is 5.32 Å². The lowest BCUT2D eigenvalue weighted by Crippen LogP contribution is -2.11.